The third-order valence-corrected chi connectivity index (χ3v) is 2.26. The van der Waals surface area contributed by atoms with E-state index in [9.17, 15) is 0 Å². The van der Waals surface area contributed by atoms with E-state index >= 15 is 0 Å². The average Bonchev–Trinajstić information content (AvgIpc) is 2.55. The van der Waals surface area contributed by atoms with Crippen LogP contribution in [0.3, 0.4) is 0 Å². The monoisotopic (exact) mass is 181 g/mol. The topological polar surface area (TPSA) is 21.3 Å². The second-order valence-electron chi connectivity index (χ2n) is 3.56. The lowest BCUT2D eigenvalue weighted by molar-refractivity contribution is 0.137. The fourth-order valence-electron chi connectivity index (χ4n) is 1.58. The number of allylic oxidation sites excluding steroid dienone is 2. The van der Waals surface area contributed by atoms with Crippen LogP contribution >= 0.6 is 0 Å². The molecule has 1 aliphatic carbocycles. The lowest BCUT2D eigenvalue weighted by Gasteiger charge is -2.24. The molecule has 74 valence electrons. The molecule has 0 heterocycles. The van der Waals surface area contributed by atoms with Crippen LogP contribution in [0.5, 0.6) is 0 Å². The lowest BCUT2D eigenvalue weighted by Crippen LogP contribution is -2.34. The maximum Gasteiger partial charge on any atom is 0.0600 e. The summed E-state index contributed by atoms with van der Waals surface area (Å²) < 4.78 is 5.22. The zero-order valence-corrected chi connectivity index (χ0v) is 8.55. The molecule has 13 heavy (non-hydrogen) atoms. The van der Waals surface area contributed by atoms with Crippen molar-refractivity contribution in [1.82, 2.24) is 5.32 Å². The minimum Gasteiger partial charge on any atom is -0.383 e. The summed E-state index contributed by atoms with van der Waals surface area (Å²) in [4.78, 5) is 0. The Kier molecular flexibility index (Phi) is 4.19. The van der Waals surface area contributed by atoms with Gasteiger partial charge in [-0.1, -0.05) is 31.2 Å². The number of nitrogens with one attached hydrogen (secondary N) is 1. The van der Waals surface area contributed by atoms with Gasteiger partial charge in [-0.05, 0) is 13.0 Å². The molecule has 0 saturated carbocycles. The van der Waals surface area contributed by atoms with Crippen LogP contribution in [0, 0.1) is 5.41 Å². The van der Waals surface area contributed by atoms with Crippen LogP contribution in [0.15, 0.2) is 24.3 Å². The zero-order valence-electron chi connectivity index (χ0n) is 8.55. The summed E-state index contributed by atoms with van der Waals surface area (Å²) in [5, 5.41) is 3.42. The molecule has 0 amide bonds. The van der Waals surface area contributed by atoms with Crippen molar-refractivity contribution in [3.8, 4) is 0 Å². The molecule has 0 aromatic carbocycles. The second kappa shape index (κ2) is 5.20. The van der Waals surface area contributed by atoms with Crippen LogP contribution in [-0.4, -0.2) is 26.8 Å². The maximum atomic E-state index is 5.22. The summed E-state index contributed by atoms with van der Waals surface area (Å²) in [5.41, 5.74) is 0.101. The predicted molar refractivity (Wildman–Crippen MR) is 55.7 cm³/mol. The van der Waals surface area contributed by atoms with E-state index in [4.69, 9.17) is 4.74 Å². The van der Waals surface area contributed by atoms with Gasteiger partial charge < -0.3 is 10.1 Å². The van der Waals surface area contributed by atoms with Crippen molar-refractivity contribution in [2.75, 3.05) is 26.8 Å². The number of hydrogen-bond acceptors (Lipinski definition) is 2. The van der Waals surface area contributed by atoms with Crippen LogP contribution in [0.4, 0.5) is 0 Å². The van der Waals surface area contributed by atoms with E-state index in [-0.39, 0.29) is 5.41 Å². The van der Waals surface area contributed by atoms with Gasteiger partial charge in [0.05, 0.1) is 6.61 Å². The molecule has 0 aliphatic heterocycles. The van der Waals surface area contributed by atoms with E-state index in [0.717, 1.165) is 19.7 Å². The van der Waals surface area contributed by atoms with E-state index in [0.29, 0.717) is 0 Å². The summed E-state index contributed by atoms with van der Waals surface area (Å²) >= 11 is 0. The quantitative estimate of drug-likeness (QED) is 0.630. The third kappa shape index (κ3) is 2.98. The highest BCUT2D eigenvalue weighted by Gasteiger charge is 2.25. The van der Waals surface area contributed by atoms with Gasteiger partial charge in [-0.15, -0.1) is 0 Å². The first-order chi connectivity index (χ1) is 6.33. The Labute approximate surface area is 80.7 Å². The Balaban J connectivity index is 2.39. The van der Waals surface area contributed by atoms with E-state index in [1.165, 1.54) is 6.42 Å². The van der Waals surface area contributed by atoms with Gasteiger partial charge in [0, 0.05) is 19.1 Å². The molecule has 1 aliphatic rings. The Morgan fingerprint density at radius 2 is 2.00 bits per heavy atom. The normalized spacial score (nSPS) is 18.3. The first kappa shape index (κ1) is 10.5. The molecule has 0 bridgehead atoms. The summed E-state index contributed by atoms with van der Waals surface area (Å²) in [6.07, 6.45) is 9.77. The van der Waals surface area contributed by atoms with Crippen molar-refractivity contribution in [3.05, 3.63) is 24.3 Å². The van der Waals surface area contributed by atoms with Crippen LogP contribution in [0.2, 0.25) is 0 Å². The van der Waals surface area contributed by atoms with Crippen molar-refractivity contribution < 1.29 is 4.74 Å². The molecule has 0 radical (unpaired) electrons. The minimum absolute atomic E-state index is 0.101. The molecule has 0 saturated heterocycles. The summed E-state index contributed by atoms with van der Waals surface area (Å²) in [5.74, 6) is 0. The standard InChI is InChI=1S/C11H19NO/c1-3-8-12-9-11(10-13-2)6-4-5-7-11/h4-7,12H,3,8-10H2,1-2H3. The highest BCUT2D eigenvalue weighted by molar-refractivity contribution is 5.25. The van der Waals surface area contributed by atoms with Gasteiger partial charge in [-0.3, -0.25) is 0 Å². The lowest BCUT2D eigenvalue weighted by atomic mass is 9.91. The maximum absolute atomic E-state index is 5.22. The van der Waals surface area contributed by atoms with E-state index in [1.807, 2.05) is 0 Å². The molecular formula is C11H19NO. The average molecular weight is 181 g/mol. The largest absolute Gasteiger partial charge is 0.383 e. The van der Waals surface area contributed by atoms with E-state index in [1.54, 1.807) is 7.11 Å². The summed E-state index contributed by atoms with van der Waals surface area (Å²) in [6.45, 7) is 4.99. The smallest absolute Gasteiger partial charge is 0.0600 e. The number of ether oxygens (including phenoxy) is 1. The van der Waals surface area contributed by atoms with Gasteiger partial charge in [0.1, 0.15) is 0 Å². The Morgan fingerprint density at radius 1 is 1.31 bits per heavy atom. The van der Waals surface area contributed by atoms with E-state index in [2.05, 4.69) is 36.5 Å². The second-order valence-corrected chi connectivity index (χ2v) is 3.56. The van der Waals surface area contributed by atoms with Crippen LogP contribution in [-0.2, 0) is 4.74 Å². The molecule has 2 nitrogen and oxygen atoms in total. The highest BCUT2D eigenvalue weighted by Crippen LogP contribution is 2.25. The molecule has 0 fully saturated rings. The van der Waals surface area contributed by atoms with Crippen molar-refractivity contribution in [3.63, 3.8) is 0 Å². The third-order valence-electron chi connectivity index (χ3n) is 2.26. The van der Waals surface area contributed by atoms with Crippen LogP contribution in [0.1, 0.15) is 13.3 Å². The van der Waals surface area contributed by atoms with Gasteiger partial charge in [-0.2, -0.15) is 0 Å². The zero-order chi connectivity index (χ0) is 9.57. The van der Waals surface area contributed by atoms with Gasteiger partial charge in [0.15, 0.2) is 0 Å². The predicted octanol–water partition coefficient (Wildman–Crippen LogP) is 1.74. The van der Waals surface area contributed by atoms with Crippen molar-refractivity contribution in [1.29, 1.82) is 0 Å². The van der Waals surface area contributed by atoms with Gasteiger partial charge in [-0.25, -0.2) is 0 Å². The SMILES string of the molecule is CCCNCC1(COC)C=CC=C1. The first-order valence-electron chi connectivity index (χ1n) is 4.90. The van der Waals surface area contributed by atoms with Gasteiger partial charge in [0.25, 0.3) is 0 Å². The summed E-state index contributed by atoms with van der Waals surface area (Å²) in [7, 11) is 1.75. The molecule has 0 aromatic rings. The fraction of sp³-hybridized carbons (Fsp3) is 0.636. The fourth-order valence-corrected chi connectivity index (χ4v) is 1.58. The molecule has 0 unspecified atom stereocenters. The molecule has 0 atom stereocenters. The van der Waals surface area contributed by atoms with Gasteiger partial charge >= 0.3 is 0 Å². The molecule has 1 rings (SSSR count). The number of hydrogen-bond donors (Lipinski definition) is 1. The van der Waals surface area contributed by atoms with Gasteiger partial charge in [0.2, 0.25) is 0 Å². The summed E-state index contributed by atoms with van der Waals surface area (Å²) in [6, 6.07) is 0. The molecule has 0 spiro atoms. The number of methoxy groups -OCH3 is 1. The van der Waals surface area contributed by atoms with Crippen molar-refractivity contribution >= 4 is 0 Å². The molecule has 2 heteroatoms. The Hall–Kier alpha value is -0.600. The van der Waals surface area contributed by atoms with Crippen LogP contribution < -0.4 is 5.32 Å². The Bertz CT molecular complexity index is 184. The first-order valence-corrected chi connectivity index (χ1v) is 4.90. The minimum atomic E-state index is 0.101. The van der Waals surface area contributed by atoms with Crippen LogP contribution in [0.25, 0.3) is 0 Å². The highest BCUT2D eigenvalue weighted by atomic mass is 16.5. The number of rotatable bonds is 6. The molecular weight excluding hydrogens is 162 g/mol. The van der Waals surface area contributed by atoms with Crippen molar-refractivity contribution in [2.24, 2.45) is 5.41 Å². The van der Waals surface area contributed by atoms with E-state index < -0.39 is 0 Å². The molecule has 0 aromatic heterocycles. The molecule has 1 N–H and O–H groups in total. The van der Waals surface area contributed by atoms with Crippen molar-refractivity contribution in [2.45, 2.75) is 13.3 Å². The Morgan fingerprint density at radius 3 is 2.54 bits per heavy atom.